The van der Waals surface area contributed by atoms with E-state index in [4.69, 9.17) is 0 Å². The van der Waals surface area contributed by atoms with Crippen molar-refractivity contribution in [1.29, 1.82) is 0 Å². The first kappa shape index (κ1) is 16.4. The molecule has 0 saturated carbocycles. The van der Waals surface area contributed by atoms with Gasteiger partial charge in [-0.15, -0.1) is 0 Å². The molecular formula is C19H23N3O2. The van der Waals surface area contributed by atoms with Gasteiger partial charge in [-0.1, -0.05) is 26.0 Å². The van der Waals surface area contributed by atoms with Crippen molar-refractivity contribution in [2.24, 2.45) is 0 Å². The maximum absolute atomic E-state index is 12.5. The van der Waals surface area contributed by atoms with Gasteiger partial charge in [0.1, 0.15) is 0 Å². The molecule has 1 aromatic carbocycles. The van der Waals surface area contributed by atoms with Crippen LogP contribution in [-0.4, -0.2) is 41.3 Å². The summed E-state index contributed by atoms with van der Waals surface area (Å²) in [5.74, 6) is 0.167. The van der Waals surface area contributed by atoms with Crippen LogP contribution in [0.2, 0.25) is 0 Å². The number of amides is 2. The minimum absolute atomic E-state index is 0.0127. The first-order valence-corrected chi connectivity index (χ1v) is 8.51. The molecule has 0 spiro atoms. The second-order valence-corrected chi connectivity index (χ2v) is 6.56. The molecule has 1 aliphatic rings. The van der Waals surface area contributed by atoms with E-state index in [0.717, 1.165) is 36.8 Å². The standard InChI is InChI=1S/C19H23N3O2/c1-13(2)14-5-6-15-16(7-8-20-17(15)11-14)19(24)21-12-18(23)22-9-3-4-10-22/h5-8,11,13H,3-4,9-10,12H2,1-2H3,(H,21,24). The fourth-order valence-electron chi connectivity index (χ4n) is 3.05. The summed E-state index contributed by atoms with van der Waals surface area (Å²) in [6, 6.07) is 7.69. The van der Waals surface area contributed by atoms with Gasteiger partial charge in [0.05, 0.1) is 17.6 Å². The van der Waals surface area contributed by atoms with Crippen LogP contribution >= 0.6 is 0 Å². The van der Waals surface area contributed by atoms with Gasteiger partial charge in [0.2, 0.25) is 5.91 Å². The van der Waals surface area contributed by atoms with Crippen molar-refractivity contribution in [3.8, 4) is 0 Å². The first-order valence-electron chi connectivity index (χ1n) is 8.51. The molecule has 1 aliphatic heterocycles. The molecule has 1 N–H and O–H groups in total. The van der Waals surface area contributed by atoms with Crippen molar-refractivity contribution < 1.29 is 9.59 Å². The third kappa shape index (κ3) is 3.40. The lowest BCUT2D eigenvalue weighted by atomic mass is 9.99. The highest BCUT2D eigenvalue weighted by Crippen LogP contribution is 2.22. The molecule has 2 aromatic rings. The lowest BCUT2D eigenvalue weighted by Gasteiger charge is -2.15. The number of fused-ring (bicyclic) bond motifs is 1. The molecule has 126 valence electrons. The number of likely N-dealkylation sites (tertiary alicyclic amines) is 1. The molecule has 5 nitrogen and oxygen atoms in total. The molecule has 5 heteroatoms. The predicted molar refractivity (Wildman–Crippen MR) is 94.0 cm³/mol. The molecule has 0 atom stereocenters. The molecule has 0 unspecified atom stereocenters. The molecule has 3 rings (SSSR count). The van der Waals surface area contributed by atoms with Gasteiger partial charge in [0.25, 0.3) is 5.91 Å². The number of hydrogen-bond donors (Lipinski definition) is 1. The third-order valence-corrected chi connectivity index (χ3v) is 4.54. The highest BCUT2D eigenvalue weighted by molar-refractivity contribution is 6.06. The Morgan fingerprint density at radius 2 is 1.96 bits per heavy atom. The number of aromatic nitrogens is 1. The lowest BCUT2D eigenvalue weighted by Crippen LogP contribution is -2.38. The fourth-order valence-corrected chi connectivity index (χ4v) is 3.05. The molecule has 1 aromatic heterocycles. The maximum Gasteiger partial charge on any atom is 0.252 e. The summed E-state index contributed by atoms with van der Waals surface area (Å²) in [5.41, 5.74) is 2.56. The quantitative estimate of drug-likeness (QED) is 0.940. The Bertz CT molecular complexity index is 764. The Morgan fingerprint density at radius 1 is 1.21 bits per heavy atom. The Kier molecular flexibility index (Phi) is 4.79. The third-order valence-electron chi connectivity index (χ3n) is 4.54. The summed E-state index contributed by atoms with van der Waals surface area (Å²) < 4.78 is 0. The minimum Gasteiger partial charge on any atom is -0.343 e. The van der Waals surface area contributed by atoms with E-state index in [2.05, 4.69) is 24.1 Å². The fraction of sp³-hybridized carbons (Fsp3) is 0.421. The van der Waals surface area contributed by atoms with Crippen LogP contribution in [0.3, 0.4) is 0 Å². The van der Waals surface area contributed by atoms with E-state index < -0.39 is 0 Å². The number of carbonyl (C=O) groups excluding carboxylic acids is 2. The predicted octanol–water partition coefficient (Wildman–Crippen LogP) is 2.71. The van der Waals surface area contributed by atoms with Gasteiger partial charge in [-0.2, -0.15) is 0 Å². The topological polar surface area (TPSA) is 62.3 Å². The maximum atomic E-state index is 12.5. The van der Waals surface area contributed by atoms with Gasteiger partial charge in [-0.05, 0) is 36.5 Å². The summed E-state index contributed by atoms with van der Waals surface area (Å²) in [4.78, 5) is 30.7. The van der Waals surface area contributed by atoms with Crippen molar-refractivity contribution in [1.82, 2.24) is 15.2 Å². The molecule has 0 aliphatic carbocycles. The normalized spacial score (nSPS) is 14.4. The van der Waals surface area contributed by atoms with E-state index in [1.165, 1.54) is 5.56 Å². The van der Waals surface area contributed by atoms with Crippen molar-refractivity contribution in [3.63, 3.8) is 0 Å². The van der Waals surface area contributed by atoms with Crippen molar-refractivity contribution in [3.05, 3.63) is 41.6 Å². The minimum atomic E-state index is -0.229. The SMILES string of the molecule is CC(C)c1ccc2c(C(=O)NCC(=O)N3CCCC3)ccnc2c1. The molecule has 1 saturated heterocycles. The zero-order valence-electron chi connectivity index (χ0n) is 14.2. The summed E-state index contributed by atoms with van der Waals surface area (Å²) in [6.07, 6.45) is 3.74. The van der Waals surface area contributed by atoms with E-state index in [9.17, 15) is 9.59 Å². The highest BCUT2D eigenvalue weighted by Gasteiger charge is 2.19. The zero-order chi connectivity index (χ0) is 17.1. The van der Waals surface area contributed by atoms with Gasteiger partial charge in [0.15, 0.2) is 0 Å². The molecule has 2 heterocycles. The summed E-state index contributed by atoms with van der Waals surface area (Å²) in [5, 5.41) is 3.56. The van der Waals surface area contributed by atoms with Crippen LogP contribution in [0.5, 0.6) is 0 Å². The molecular weight excluding hydrogens is 302 g/mol. The molecule has 2 amide bonds. The molecule has 0 bridgehead atoms. The van der Waals surface area contributed by atoms with Crippen molar-refractivity contribution in [2.75, 3.05) is 19.6 Å². The first-order chi connectivity index (χ1) is 11.6. The summed E-state index contributed by atoms with van der Waals surface area (Å²) >= 11 is 0. The van der Waals surface area contributed by atoms with Crippen LogP contribution in [-0.2, 0) is 4.79 Å². The molecule has 24 heavy (non-hydrogen) atoms. The summed E-state index contributed by atoms with van der Waals surface area (Å²) in [7, 11) is 0. The number of benzene rings is 1. The van der Waals surface area contributed by atoms with Crippen LogP contribution in [0.15, 0.2) is 30.5 Å². The monoisotopic (exact) mass is 325 g/mol. The number of nitrogens with one attached hydrogen (secondary N) is 1. The van der Waals surface area contributed by atoms with Gasteiger partial charge < -0.3 is 10.2 Å². The lowest BCUT2D eigenvalue weighted by molar-refractivity contribution is -0.129. The van der Waals surface area contributed by atoms with Gasteiger partial charge in [-0.25, -0.2) is 0 Å². The van der Waals surface area contributed by atoms with Crippen LogP contribution in [0, 0.1) is 0 Å². The number of carbonyl (C=O) groups is 2. The highest BCUT2D eigenvalue weighted by atomic mass is 16.2. The average molecular weight is 325 g/mol. The largest absolute Gasteiger partial charge is 0.343 e. The Morgan fingerprint density at radius 3 is 2.67 bits per heavy atom. The number of rotatable bonds is 4. The average Bonchev–Trinajstić information content (AvgIpc) is 3.13. The molecule has 1 fully saturated rings. The van der Waals surface area contributed by atoms with Gasteiger partial charge >= 0.3 is 0 Å². The van der Waals surface area contributed by atoms with E-state index in [-0.39, 0.29) is 18.4 Å². The number of hydrogen-bond acceptors (Lipinski definition) is 3. The number of nitrogens with zero attached hydrogens (tertiary/aromatic N) is 2. The Hall–Kier alpha value is -2.43. The smallest absolute Gasteiger partial charge is 0.252 e. The number of pyridine rings is 1. The zero-order valence-corrected chi connectivity index (χ0v) is 14.2. The van der Waals surface area contributed by atoms with Crippen LogP contribution in [0.25, 0.3) is 10.9 Å². The van der Waals surface area contributed by atoms with E-state index in [1.54, 1.807) is 17.2 Å². The van der Waals surface area contributed by atoms with Crippen LogP contribution in [0.1, 0.15) is 48.5 Å². The van der Waals surface area contributed by atoms with Gasteiger partial charge in [-0.3, -0.25) is 14.6 Å². The second kappa shape index (κ2) is 6.99. The van der Waals surface area contributed by atoms with Crippen molar-refractivity contribution in [2.45, 2.75) is 32.6 Å². The van der Waals surface area contributed by atoms with E-state index in [1.807, 2.05) is 18.2 Å². The second-order valence-electron chi connectivity index (χ2n) is 6.56. The van der Waals surface area contributed by atoms with Gasteiger partial charge in [0, 0.05) is 24.7 Å². The van der Waals surface area contributed by atoms with Crippen molar-refractivity contribution >= 4 is 22.7 Å². The van der Waals surface area contributed by atoms with Crippen LogP contribution < -0.4 is 5.32 Å². The molecule has 0 radical (unpaired) electrons. The summed E-state index contributed by atoms with van der Waals surface area (Å²) in [6.45, 7) is 5.89. The Labute approximate surface area is 142 Å². The van der Waals surface area contributed by atoms with E-state index >= 15 is 0 Å². The van der Waals surface area contributed by atoms with E-state index in [0.29, 0.717) is 11.5 Å². The van der Waals surface area contributed by atoms with Crippen LogP contribution in [0.4, 0.5) is 0 Å². The Balaban J connectivity index is 1.75.